The van der Waals surface area contributed by atoms with Crippen molar-refractivity contribution in [3.8, 4) is 17.3 Å². The van der Waals surface area contributed by atoms with Crippen molar-refractivity contribution in [1.82, 2.24) is 34.4 Å². The van der Waals surface area contributed by atoms with Crippen molar-refractivity contribution in [2.45, 2.75) is 19.5 Å². The number of carbonyl (C=O) groups excluding carboxylic acids is 1. The minimum atomic E-state index is -0.533. The molecule has 3 N–H and O–H groups in total. The van der Waals surface area contributed by atoms with Gasteiger partial charge in [-0.1, -0.05) is 12.1 Å². The van der Waals surface area contributed by atoms with E-state index in [0.29, 0.717) is 24.7 Å². The zero-order valence-corrected chi connectivity index (χ0v) is 19.6. The fourth-order valence-corrected chi connectivity index (χ4v) is 4.06. The number of nitrogens with two attached hydrogens (primary N) is 1. The number of amides is 1. The van der Waals surface area contributed by atoms with Crippen molar-refractivity contribution in [2.24, 2.45) is 0 Å². The number of rotatable bonds is 7. The summed E-state index contributed by atoms with van der Waals surface area (Å²) in [5.41, 5.74) is 7.23. The molecule has 5 rings (SSSR count). The number of benzene rings is 1. The van der Waals surface area contributed by atoms with Crippen molar-refractivity contribution >= 4 is 23.6 Å². The van der Waals surface area contributed by atoms with Crippen LogP contribution in [0.5, 0.6) is 5.75 Å². The number of carbonyl (C=O) groups is 1. The number of methoxy groups -OCH3 is 1. The molecule has 0 saturated carbocycles. The Balaban J connectivity index is 1.19. The fraction of sp³-hybridized carbons (Fsp3) is 0.348. The first kappa shape index (κ1) is 22.6. The number of fused-ring (bicyclic) bond motifs is 1. The number of hydrogen-bond donors (Lipinski definition) is 2. The minimum Gasteiger partial charge on any atom is -0.497 e. The summed E-state index contributed by atoms with van der Waals surface area (Å²) in [6.07, 6.45) is 1.54. The monoisotopic (exact) mass is 477 g/mol. The van der Waals surface area contributed by atoms with Gasteiger partial charge >= 0.3 is 0 Å². The van der Waals surface area contributed by atoms with Gasteiger partial charge in [0.2, 0.25) is 23.6 Å². The van der Waals surface area contributed by atoms with Crippen LogP contribution in [0.2, 0.25) is 0 Å². The third-order valence-corrected chi connectivity index (χ3v) is 5.92. The lowest BCUT2D eigenvalue weighted by Crippen LogP contribution is -2.52. The summed E-state index contributed by atoms with van der Waals surface area (Å²) in [5.74, 6) is 2.26. The molecule has 0 spiro atoms. The molecular formula is C23H27N9O3. The molecule has 182 valence electrons. The van der Waals surface area contributed by atoms with Gasteiger partial charge in [0.1, 0.15) is 11.8 Å². The van der Waals surface area contributed by atoms with E-state index in [0.717, 1.165) is 25.4 Å². The van der Waals surface area contributed by atoms with Gasteiger partial charge in [0.25, 0.3) is 5.78 Å². The average Bonchev–Trinajstić information content (AvgIpc) is 3.54. The van der Waals surface area contributed by atoms with E-state index < -0.39 is 6.04 Å². The molecule has 3 aromatic heterocycles. The maximum atomic E-state index is 13.1. The SMILES string of the molecule is COc1cccc(CN2CCN(C(=O)[C@H](C)Nc3nc(N)n4nc(-c5ccco5)nc4n3)CC2)c1. The highest BCUT2D eigenvalue weighted by Crippen LogP contribution is 2.19. The zero-order valence-electron chi connectivity index (χ0n) is 19.6. The van der Waals surface area contributed by atoms with Gasteiger partial charge in [0.15, 0.2) is 5.76 Å². The van der Waals surface area contributed by atoms with Crippen LogP contribution in [0.4, 0.5) is 11.9 Å². The van der Waals surface area contributed by atoms with Crippen LogP contribution in [0.25, 0.3) is 17.4 Å². The van der Waals surface area contributed by atoms with Crippen LogP contribution >= 0.6 is 0 Å². The second kappa shape index (κ2) is 9.58. The number of aromatic nitrogens is 5. The molecule has 12 heteroatoms. The number of anilines is 2. The molecule has 4 aromatic rings. The average molecular weight is 478 g/mol. The highest BCUT2D eigenvalue weighted by atomic mass is 16.5. The molecule has 1 aromatic carbocycles. The number of nitrogen functional groups attached to an aromatic ring is 1. The molecule has 1 aliphatic heterocycles. The van der Waals surface area contributed by atoms with E-state index in [4.69, 9.17) is 14.9 Å². The number of hydrogen-bond acceptors (Lipinski definition) is 10. The van der Waals surface area contributed by atoms with E-state index in [2.05, 4.69) is 36.3 Å². The lowest BCUT2D eigenvalue weighted by molar-refractivity contribution is -0.133. The third-order valence-electron chi connectivity index (χ3n) is 5.92. The highest BCUT2D eigenvalue weighted by molar-refractivity contribution is 5.84. The molecule has 1 saturated heterocycles. The molecule has 1 aliphatic rings. The number of ether oxygens (including phenoxy) is 1. The van der Waals surface area contributed by atoms with Crippen LogP contribution < -0.4 is 15.8 Å². The first-order valence-corrected chi connectivity index (χ1v) is 11.3. The van der Waals surface area contributed by atoms with E-state index in [1.54, 1.807) is 26.2 Å². The molecule has 4 heterocycles. The van der Waals surface area contributed by atoms with Gasteiger partial charge in [-0.05, 0) is 36.8 Å². The van der Waals surface area contributed by atoms with Crippen molar-refractivity contribution in [3.63, 3.8) is 0 Å². The van der Waals surface area contributed by atoms with E-state index in [-0.39, 0.29) is 23.6 Å². The van der Waals surface area contributed by atoms with Crippen molar-refractivity contribution < 1.29 is 13.9 Å². The minimum absolute atomic E-state index is 0.0224. The van der Waals surface area contributed by atoms with Crippen LogP contribution in [0.3, 0.4) is 0 Å². The Morgan fingerprint density at radius 1 is 1.17 bits per heavy atom. The van der Waals surface area contributed by atoms with Gasteiger partial charge in [-0.15, -0.1) is 5.10 Å². The predicted molar refractivity (Wildman–Crippen MR) is 129 cm³/mol. The predicted octanol–water partition coefficient (Wildman–Crippen LogP) is 1.51. The molecular weight excluding hydrogens is 450 g/mol. The van der Waals surface area contributed by atoms with Gasteiger partial charge in [-0.25, -0.2) is 0 Å². The largest absolute Gasteiger partial charge is 0.497 e. The molecule has 0 radical (unpaired) electrons. The Hall–Kier alpha value is -4.19. The van der Waals surface area contributed by atoms with Crippen molar-refractivity contribution in [2.75, 3.05) is 44.3 Å². The van der Waals surface area contributed by atoms with Gasteiger partial charge in [-0.2, -0.15) is 19.5 Å². The van der Waals surface area contributed by atoms with Crippen molar-refractivity contribution in [3.05, 3.63) is 48.2 Å². The Morgan fingerprint density at radius 3 is 2.74 bits per heavy atom. The van der Waals surface area contributed by atoms with Gasteiger partial charge in [0.05, 0.1) is 13.4 Å². The lowest BCUT2D eigenvalue weighted by Gasteiger charge is -2.36. The van der Waals surface area contributed by atoms with Gasteiger partial charge < -0.3 is 25.1 Å². The van der Waals surface area contributed by atoms with Crippen LogP contribution in [0, 0.1) is 0 Å². The summed E-state index contributed by atoms with van der Waals surface area (Å²) in [7, 11) is 1.67. The first-order valence-electron chi connectivity index (χ1n) is 11.3. The quantitative estimate of drug-likeness (QED) is 0.402. The number of piperazine rings is 1. The molecule has 1 amide bonds. The zero-order chi connectivity index (χ0) is 24.4. The topological polar surface area (TPSA) is 140 Å². The second-order valence-corrected chi connectivity index (χ2v) is 8.35. The molecule has 0 aliphatic carbocycles. The van der Waals surface area contributed by atoms with E-state index in [1.807, 2.05) is 23.1 Å². The Labute approximate surface area is 201 Å². The molecule has 0 unspecified atom stereocenters. The smallest absolute Gasteiger partial charge is 0.259 e. The van der Waals surface area contributed by atoms with Crippen molar-refractivity contribution in [1.29, 1.82) is 0 Å². The summed E-state index contributed by atoms with van der Waals surface area (Å²) in [6, 6.07) is 11.0. The Kier molecular flexibility index (Phi) is 6.19. The van der Waals surface area contributed by atoms with Crippen LogP contribution in [0.1, 0.15) is 12.5 Å². The number of nitrogens with zero attached hydrogens (tertiary/aromatic N) is 7. The van der Waals surface area contributed by atoms with Crippen LogP contribution in [-0.4, -0.2) is 79.6 Å². The summed E-state index contributed by atoms with van der Waals surface area (Å²) < 4.78 is 12.0. The summed E-state index contributed by atoms with van der Waals surface area (Å²) in [6.45, 7) is 5.48. The van der Waals surface area contributed by atoms with Crippen LogP contribution in [0.15, 0.2) is 47.1 Å². The second-order valence-electron chi connectivity index (χ2n) is 8.35. The molecule has 1 atom stereocenters. The summed E-state index contributed by atoms with van der Waals surface area (Å²) >= 11 is 0. The molecule has 0 bridgehead atoms. The number of furan rings is 1. The maximum absolute atomic E-state index is 13.1. The first-order chi connectivity index (χ1) is 17.0. The van der Waals surface area contributed by atoms with Gasteiger partial charge in [0, 0.05) is 32.7 Å². The van der Waals surface area contributed by atoms with E-state index in [9.17, 15) is 4.79 Å². The fourth-order valence-electron chi connectivity index (χ4n) is 4.06. The standard InChI is InChI=1S/C23H27N9O3/c1-15(20(33)31-10-8-30(9-11-31)14-16-5-3-6-17(13-16)34-2)25-22-27-21(24)32-23(28-22)26-19(29-32)18-7-4-12-35-18/h3-7,12-13,15H,8-11,14H2,1-2H3,(H3,24,25,26,27,28,29)/t15-/m0/s1. The lowest BCUT2D eigenvalue weighted by atomic mass is 10.1. The van der Waals surface area contributed by atoms with Gasteiger partial charge in [-0.3, -0.25) is 9.69 Å². The normalized spacial score (nSPS) is 15.3. The molecule has 35 heavy (non-hydrogen) atoms. The van der Waals surface area contributed by atoms with E-state index >= 15 is 0 Å². The molecule has 12 nitrogen and oxygen atoms in total. The summed E-state index contributed by atoms with van der Waals surface area (Å²) in [4.78, 5) is 30.2. The number of nitrogens with one attached hydrogen (secondary N) is 1. The Morgan fingerprint density at radius 2 is 2.00 bits per heavy atom. The maximum Gasteiger partial charge on any atom is 0.259 e. The summed E-state index contributed by atoms with van der Waals surface area (Å²) in [5, 5.41) is 7.33. The Bertz CT molecular complexity index is 1310. The van der Waals surface area contributed by atoms with E-state index in [1.165, 1.54) is 16.3 Å². The van der Waals surface area contributed by atoms with Crippen LogP contribution in [-0.2, 0) is 11.3 Å². The highest BCUT2D eigenvalue weighted by Gasteiger charge is 2.26. The molecule has 1 fully saturated rings. The third kappa shape index (κ3) is 4.87.